The van der Waals surface area contributed by atoms with Gasteiger partial charge in [-0.15, -0.1) is 10.2 Å². The van der Waals surface area contributed by atoms with Gasteiger partial charge in [0, 0.05) is 36.5 Å². The molecule has 1 aliphatic rings. The molecule has 4 heterocycles. The van der Waals surface area contributed by atoms with Gasteiger partial charge >= 0.3 is 0 Å². The number of rotatable bonds is 6. The first-order chi connectivity index (χ1) is 18.1. The highest BCUT2D eigenvalue weighted by molar-refractivity contribution is 5.83. The molecule has 1 aliphatic heterocycles. The predicted molar refractivity (Wildman–Crippen MR) is 147 cm³/mol. The summed E-state index contributed by atoms with van der Waals surface area (Å²) < 4.78 is 2.26. The molecule has 0 aliphatic carbocycles. The topological polar surface area (TPSA) is 88.4 Å². The van der Waals surface area contributed by atoms with Crippen molar-refractivity contribution in [3.63, 3.8) is 0 Å². The molecule has 5 aromatic rings. The van der Waals surface area contributed by atoms with E-state index in [1.165, 1.54) is 36.1 Å². The Morgan fingerprint density at radius 3 is 2.43 bits per heavy atom. The zero-order valence-corrected chi connectivity index (χ0v) is 21.7. The Morgan fingerprint density at radius 2 is 1.70 bits per heavy atom. The highest BCUT2D eigenvalue weighted by Crippen LogP contribution is 2.35. The SMILES string of the molecule is CCc1nc2c(C)cc(C)nc2n1Cc1ccc(-c2cc(N3CCCCC3)ccc2-c2nn[nH]n2)cc1. The van der Waals surface area contributed by atoms with Gasteiger partial charge in [0.2, 0.25) is 5.82 Å². The molecule has 8 heteroatoms. The number of fused-ring (bicyclic) bond motifs is 1. The summed E-state index contributed by atoms with van der Waals surface area (Å²) >= 11 is 0. The van der Waals surface area contributed by atoms with Crippen molar-refractivity contribution < 1.29 is 0 Å². The molecule has 0 unspecified atom stereocenters. The van der Waals surface area contributed by atoms with Crippen molar-refractivity contribution in [1.29, 1.82) is 0 Å². The van der Waals surface area contributed by atoms with Crippen LogP contribution in [0.1, 0.15) is 48.8 Å². The smallest absolute Gasteiger partial charge is 0.205 e. The molecule has 0 spiro atoms. The minimum Gasteiger partial charge on any atom is -0.372 e. The van der Waals surface area contributed by atoms with Crippen LogP contribution in [0.4, 0.5) is 5.69 Å². The van der Waals surface area contributed by atoms with Gasteiger partial charge in [-0.3, -0.25) is 0 Å². The predicted octanol–water partition coefficient (Wildman–Crippen LogP) is 5.50. The van der Waals surface area contributed by atoms with E-state index >= 15 is 0 Å². The van der Waals surface area contributed by atoms with E-state index in [0.717, 1.165) is 65.4 Å². The van der Waals surface area contributed by atoms with Crippen LogP contribution in [0.25, 0.3) is 33.7 Å². The molecule has 0 radical (unpaired) electrons. The molecule has 0 saturated carbocycles. The van der Waals surface area contributed by atoms with Gasteiger partial charge in [-0.2, -0.15) is 5.21 Å². The molecule has 37 heavy (non-hydrogen) atoms. The van der Waals surface area contributed by atoms with Crippen molar-refractivity contribution in [3.05, 3.63) is 71.2 Å². The standard InChI is InChI=1S/C29H32N8/c1-4-26-31-27-19(2)16-20(3)30-29(27)37(26)18-21-8-10-22(11-9-21)25-17-23(36-14-6-5-7-15-36)12-13-24(25)28-32-34-35-33-28/h8-13,16-17H,4-7,14-15,18H2,1-3H3,(H,32,33,34,35). The first-order valence-corrected chi connectivity index (χ1v) is 13.2. The van der Waals surface area contributed by atoms with E-state index in [1.54, 1.807) is 0 Å². The normalized spacial score (nSPS) is 14.0. The number of H-pyrrole nitrogens is 1. The maximum Gasteiger partial charge on any atom is 0.205 e. The van der Waals surface area contributed by atoms with E-state index < -0.39 is 0 Å². The van der Waals surface area contributed by atoms with Gasteiger partial charge in [0.25, 0.3) is 0 Å². The van der Waals surface area contributed by atoms with Crippen LogP contribution in [0.3, 0.4) is 0 Å². The number of aromatic amines is 1. The van der Waals surface area contributed by atoms with Crippen LogP contribution in [0.2, 0.25) is 0 Å². The lowest BCUT2D eigenvalue weighted by molar-refractivity contribution is 0.578. The third kappa shape index (κ3) is 4.48. The third-order valence-electron chi connectivity index (χ3n) is 7.33. The second-order valence-electron chi connectivity index (χ2n) is 9.93. The van der Waals surface area contributed by atoms with Crippen LogP contribution >= 0.6 is 0 Å². The zero-order chi connectivity index (χ0) is 25.4. The highest BCUT2D eigenvalue weighted by Gasteiger charge is 2.17. The molecule has 0 bridgehead atoms. The molecule has 0 atom stereocenters. The lowest BCUT2D eigenvalue weighted by Crippen LogP contribution is -2.29. The molecule has 8 nitrogen and oxygen atoms in total. The quantitative estimate of drug-likeness (QED) is 0.337. The maximum atomic E-state index is 4.90. The van der Waals surface area contributed by atoms with E-state index in [4.69, 9.17) is 9.97 Å². The van der Waals surface area contributed by atoms with E-state index in [-0.39, 0.29) is 0 Å². The monoisotopic (exact) mass is 492 g/mol. The summed E-state index contributed by atoms with van der Waals surface area (Å²) in [6.45, 7) is 9.25. The second-order valence-corrected chi connectivity index (χ2v) is 9.93. The average molecular weight is 493 g/mol. The van der Waals surface area contributed by atoms with Crippen LogP contribution in [-0.4, -0.2) is 48.2 Å². The molecule has 1 saturated heterocycles. The first-order valence-electron chi connectivity index (χ1n) is 13.2. The fourth-order valence-electron chi connectivity index (χ4n) is 5.45. The molecule has 1 N–H and O–H groups in total. The Bertz CT molecular complexity index is 1530. The van der Waals surface area contributed by atoms with E-state index in [0.29, 0.717) is 5.82 Å². The number of anilines is 1. The summed E-state index contributed by atoms with van der Waals surface area (Å²) in [5.41, 5.74) is 9.86. The van der Waals surface area contributed by atoms with Gasteiger partial charge in [0.05, 0.1) is 6.54 Å². The third-order valence-corrected chi connectivity index (χ3v) is 7.33. The number of imidazole rings is 1. The van der Waals surface area contributed by atoms with Gasteiger partial charge in [-0.25, -0.2) is 9.97 Å². The Kier molecular flexibility index (Phi) is 6.16. The molecule has 2 aromatic carbocycles. The van der Waals surface area contributed by atoms with Crippen LogP contribution < -0.4 is 4.90 Å². The van der Waals surface area contributed by atoms with Crippen LogP contribution in [0, 0.1) is 13.8 Å². The van der Waals surface area contributed by atoms with E-state index in [1.807, 2.05) is 6.92 Å². The van der Waals surface area contributed by atoms with Crippen molar-refractivity contribution in [2.45, 2.75) is 53.0 Å². The second kappa shape index (κ2) is 9.76. The summed E-state index contributed by atoms with van der Waals surface area (Å²) in [5, 5.41) is 14.9. The number of benzene rings is 2. The van der Waals surface area contributed by atoms with Crippen molar-refractivity contribution >= 4 is 16.9 Å². The fraction of sp³-hybridized carbons (Fsp3) is 0.345. The summed E-state index contributed by atoms with van der Waals surface area (Å²) in [4.78, 5) is 12.2. The number of pyridine rings is 1. The number of nitrogens with one attached hydrogen (secondary N) is 1. The van der Waals surface area contributed by atoms with Crippen LogP contribution in [0.5, 0.6) is 0 Å². The van der Waals surface area contributed by atoms with Gasteiger partial charge in [-0.05, 0) is 84.8 Å². The van der Waals surface area contributed by atoms with Crippen molar-refractivity contribution in [2.75, 3.05) is 18.0 Å². The van der Waals surface area contributed by atoms with E-state index in [9.17, 15) is 0 Å². The summed E-state index contributed by atoms with van der Waals surface area (Å²) in [6.07, 6.45) is 4.66. The lowest BCUT2D eigenvalue weighted by atomic mass is 9.96. The number of piperidine rings is 1. The van der Waals surface area contributed by atoms with Gasteiger partial charge in [-0.1, -0.05) is 31.2 Å². The van der Waals surface area contributed by atoms with Crippen molar-refractivity contribution in [3.8, 4) is 22.5 Å². The minimum absolute atomic E-state index is 0.610. The number of hydrogen-bond donors (Lipinski definition) is 1. The maximum absolute atomic E-state index is 4.90. The largest absolute Gasteiger partial charge is 0.372 e. The highest BCUT2D eigenvalue weighted by atomic mass is 15.5. The van der Waals surface area contributed by atoms with Gasteiger partial charge in [0.15, 0.2) is 5.65 Å². The zero-order valence-electron chi connectivity index (χ0n) is 21.7. The summed E-state index contributed by atoms with van der Waals surface area (Å²) in [7, 11) is 0. The van der Waals surface area contributed by atoms with Crippen molar-refractivity contribution in [2.24, 2.45) is 0 Å². The molecular weight excluding hydrogens is 460 g/mol. The average Bonchev–Trinajstić information content (AvgIpc) is 3.58. The summed E-state index contributed by atoms with van der Waals surface area (Å²) in [6, 6.07) is 17.5. The van der Waals surface area contributed by atoms with Gasteiger partial charge in [0.1, 0.15) is 11.3 Å². The minimum atomic E-state index is 0.610. The number of hydrogen-bond acceptors (Lipinski definition) is 6. The Morgan fingerprint density at radius 1 is 0.892 bits per heavy atom. The number of nitrogens with zero attached hydrogens (tertiary/aromatic N) is 7. The molecule has 1 fully saturated rings. The van der Waals surface area contributed by atoms with Gasteiger partial charge < -0.3 is 9.47 Å². The fourth-order valence-corrected chi connectivity index (χ4v) is 5.45. The number of tetrazole rings is 1. The Hall–Kier alpha value is -4.07. The number of aryl methyl sites for hydroxylation is 3. The molecule has 6 rings (SSSR count). The van der Waals surface area contributed by atoms with Crippen molar-refractivity contribution in [1.82, 2.24) is 35.2 Å². The van der Waals surface area contributed by atoms with Crippen LogP contribution in [0.15, 0.2) is 48.5 Å². The molecule has 3 aromatic heterocycles. The first kappa shape index (κ1) is 23.3. The lowest BCUT2D eigenvalue weighted by Gasteiger charge is -2.29. The molecule has 188 valence electrons. The summed E-state index contributed by atoms with van der Waals surface area (Å²) in [5.74, 6) is 1.67. The molecular formula is C29H32N8. The Labute approximate surface area is 216 Å². The Balaban J connectivity index is 1.36. The van der Waals surface area contributed by atoms with Crippen LogP contribution in [-0.2, 0) is 13.0 Å². The van der Waals surface area contributed by atoms with E-state index in [2.05, 4.69) is 92.5 Å². The molecule has 0 amide bonds. The number of aromatic nitrogens is 7.